The van der Waals surface area contributed by atoms with Crippen LogP contribution in [-0.2, 0) is 4.79 Å². The predicted molar refractivity (Wildman–Crippen MR) is 85.4 cm³/mol. The van der Waals surface area contributed by atoms with Crippen LogP contribution < -0.4 is 10.6 Å². The van der Waals surface area contributed by atoms with Crippen LogP contribution in [0.15, 0.2) is 0 Å². The summed E-state index contributed by atoms with van der Waals surface area (Å²) in [6.07, 6.45) is 8.51. The van der Waals surface area contributed by atoms with Crippen LogP contribution >= 0.6 is 12.4 Å². The molecule has 1 heterocycles. The molecule has 0 aromatic carbocycles. The second kappa shape index (κ2) is 8.20. The van der Waals surface area contributed by atoms with Crippen LogP contribution in [0.1, 0.15) is 44.9 Å². The van der Waals surface area contributed by atoms with Crippen LogP contribution in [0, 0.1) is 5.92 Å². The van der Waals surface area contributed by atoms with Crippen LogP contribution in [0.25, 0.3) is 0 Å². The molecule has 1 aliphatic carbocycles. The zero-order chi connectivity index (χ0) is 13.7. The van der Waals surface area contributed by atoms with Gasteiger partial charge in [-0.2, -0.15) is 0 Å². The maximum atomic E-state index is 12.2. The molecular weight excluding hydrogens is 274 g/mol. The first-order valence-corrected chi connectivity index (χ1v) is 7.80. The number of rotatable bonds is 4. The van der Waals surface area contributed by atoms with Crippen molar-refractivity contribution in [2.24, 2.45) is 5.92 Å². The van der Waals surface area contributed by atoms with Crippen LogP contribution in [0.4, 0.5) is 0 Å². The molecule has 0 spiro atoms. The van der Waals surface area contributed by atoms with Crippen molar-refractivity contribution in [3.05, 3.63) is 0 Å². The van der Waals surface area contributed by atoms with Crippen molar-refractivity contribution in [2.45, 2.75) is 50.5 Å². The van der Waals surface area contributed by atoms with E-state index in [1.165, 1.54) is 32.1 Å². The highest BCUT2D eigenvalue weighted by molar-refractivity contribution is 5.85. The van der Waals surface area contributed by atoms with Crippen molar-refractivity contribution in [2.75, 3.05) is 33.7 Å². The number of amides is 1. The average molecular weight is 304 g/mol. The van der Waals surface area contributed by atoms with Crippen LogP contribution in [0.3, 0.4) is 0 Å². The first-order valence-electron chi connectivity index (χ1n) is 7.80. The van der Waals surface area contributed by atoms with E-state index in [4.69, 9.17) is 0 Å². The number of nitrogens with zero attached hydrogens (tertiary/aromatic N) is 1. The number of hydrogen-bond acceptors (Lipinski definition) is 3. The van der Waals surface area contributed by atoms with Gasteiger partial charge in [0.2, 0.25) is 5.91 Å². The molecule has 2 rings (SSSR count). The van der Waals surface area contributed by atoms with Gasteiger partial charge in [-0.3, -0.25) is 4.79 Å². The van der Waals surface area contributed by atoms with E-state index >= 15 is 0 Å². The fourth-order valence-corrected chi connectivity index (χ4v) is 3.46. The molecule has 0 aromatic rings. The second-order valence-electron chi connectivity index (χ2n) is 6.44. The van der Waals surface area contributed by atoms with E-state index in [1.807, 2.05) is 0 Å². The number of halogens is 1. The molecule has 118 valence electrons. The number of likely N-dealkylation sites (N-methyl/N-ethyl adjacent to an activating group) is 1. The number of hydrogen-bond donors (Lipinski definition) is 2. The molecule has 1 saturated carbocycles. The zero-order valence-electron chi connectivity index (χ0n) is 12.9. The highest BCUT2D eigenvalue weighted by Gasteiger charge is 2.35. The second-order valence-corrected chi connectivity index (χ2v) is 6.44. The maximum Gasteiger partial charge on any atom is 0.224 e. The normalized spacial score (nSPS) is 25.9. The molecule has 2 aliphatic rings. The lowest BCUT2D eigenvalue weighted by Gasteiger charge is -2.43. The van der Waals surface area contributed by atoms with Gasteiger partial charge < -0.3 is 15.5 Å². The van der Waals surface area contributed by atoms with E-state index in [2.05, 4.69) is 29.6 Å². The molecule has 20 heavy (non-hydrogen) atoms. The number of carbonyl (C=O) groups excluding carboxylic acids is 1. The summed E-state index contributed by atoms with van der Waals surface area (Å²) in [7, 11) is 4.30. The molecule has 1 unspecified atom stereocenters. The molecule has 1 aliphatic heterocycles. The first kappa shape index (κ1) is 17.7. The summed E-state index contributed by atoms with van der Waals surface area (Å²) in [4.78, 5) is 14.6. The molecule has 4 nitrogen and oxygen atoms in total. The molecule has 0 bridgehead atoms. The molecule has 2 N–H and O–H groups in total. The largest absolute Gasteiger partial charge is 0.354 e. The number of piperidine rings is 1. The molecule has 2 fully saturated rings. The minimum atomic E-state index is 0. The van der Waals surface area contributed by atoms with Crippen molar-refractivity contribution in [3.63, 3.8) is 0 Å². The SMILES string of the molecule is CN(C)C1(CNC(=O)C2CCCNC2)CCCCC1.Cl. The van der Waals surface area contributed by atoms with Gasteiger partial charge in [-0.15, -0.1) is 12.4 Å². The Morgan fingerprint density at radius 1 is 1.25 bits per heavy atom. The summed E-state index contributed by atoms with van der Waals surface area (Å²) in [5.74, 6) is 0.426. The maximum absolute atomic E-state index is 12.2. The number of carbonyl (C=O) groups is 1. The summed E-state index contributed by atoms with van der Waals surface area (Å²) >= 11 is 0. The Morgan fingerprint density at radius 2 is 1.95 bits per heavy atom. The Kier molecular flexibility index (Phi) is 7.27. The lowest BCUT2D eigenvalue weighted by Crippen LogP contribution is -2.55. The molecule has 1 saturated heterocycles. The standard InChI is InChI=1S/C15H29N3O.ClH/c1-18(2)15(8-4-3-5-9-15)12-17-14(19)13-7-6-10-16-11-13;/h13,16H,3-12H2,1-2H3,(H,17,19);1H. The summed E-state index contributed by atoms with van der Waals surface area (Å²) in [6, 6.07) is 0. The van der Waals surface area contributed by atoms with E-state index in [1.54, 1.807) is 0 Å². The van der Waals surface area contributed by atoms with Crippen molar-refractivity contribution in [1.29, 1.82) is 0 Å². The van der Waals surface area contributed by atoms with Gasteiger partial charge in [0.15, 0.2) is 0 Å². The van der Waals surface area contributed by atoms with Crippen molar-refractivity contribution in [3.8, 4) is 0 Å². The molecule has 0 radical (unpaired) electrons. The third-order valence-corrected chi connectivity index (χ3v) is 4.99. The van der Waals surface area contributed by atoms with Crippen LogP contribution in [-0.4, -0.2) is 50.1 Å². The van der Waals surface area contributed by atoms with E-state index in [0.29, 0.717) is 0 Å². The molecule has 1 atom stereocenters. The minimum absolute atomic E-state index is 0. The van der Waals surface area contributed by atoms with Crippen molar-refractivity contribution < 1.29 is 4.79 Å². The highest BCUT2D eigenvalue weighted by atomic mass is 35.5. The quantitative estimate of drug-likeness (QED) is 0.832. The fraction of sp³-hybridized carbons (Fsp3) is 0.933. The van der Waals surface area contributed by atoms with E-state index in [-0.39, 0.29) is 29.8 Å². The van der Waals surface area contributed by atoms with Crippen LogP contribution in [0.2, 0.25) is 0 Å². The average Bonchev–Trinajstić information content (AvgIpc) is 2.46. The summed E-state index contributed by atoms with van der Waals surface area (Å²) in [5, 5.41) is 6.54. The summed E-state index contributed by atoms with van der Waals surface area (Å²) in [5.41, 5.74) is 0.190. The Hall–Kier alpha value is -0.320. The smallest absolute Gasteiger partial charge is 0.224 e. The van der Waals surface area contributed by atoms with Gasteiger partial charge in [0.05, 0.1) is 5.92 Å². The Labute approximate surface area is 129 Å². The van der Waals surface area contributed by atoms with Gasteiger partial charge in [-0.1, -0.05) is 19.3 Å². The summed E-state index contributed by atoms with van der Waals surface area (Å²) < 4.78 is 0. The highest BCUT2D eigenvalue weighted by Crippen LogP contribution is 2.31. The van der Waals surface area contributed by atoms with Crippen LogP contribution in [0.5, 0.6) is 0 Å². The van der Waals surface area contributed by atoms with Gasteiger partial charge in [0.25, 0.3) is 0 Å². The summed E-state index contributed by atoms with van der Waals surface area (Å²) in [6.45, 7) is 2.72. The molecular formula is C15H30ClN3O. The molecule has 5 heteroatoms. The van der Waals surface area contributed by atoms with E-state index < -0.39 is 0 Å². The van der Waals surface area contributed by atoms with Gasteiger partial charge in [-0.25, -0.2) is 0 Å². The lowest BCUT2D eigenvalue weighted by molar-refractivity contribution is -0.126. The van der Waals surface area contributed by atoms with Gasteiger partial charge in [0.1, 0.15) is 0 Å². The topological polar surface area (TPSA) is 44.4 Å². The molecule has 1 amide bonds. The first-order chi connectivity index (χ1) is 9.14. The molecule has 0 aromatic heterocycles. The number of nitrogens with one attached hydrogen (secondary N) is 2. The van der Waals surface area contributed by atoms with Gasteiger partial charge in [-0.05, 0) is 46.3 Å². The fourth-order valence-electron chi connectivity index (χ4n) is 3.46. The predicted octanol–water partition coefficient (Wildman–Crippen LogP) is 1.79. The van der Waals surface area contributed by atoms with Crippen molar-refractivity contribution >= 4 is 18.3 Å². The third kappa shape index (κ3) is 4.34. The minimum Gasteiger partial charge on any atom is -0.354 e. The monoisotopic (exact) mass is 303 g/mol. The Balaban J connectivity index is 0.00000200. The zero-order valence-corrected chi connectivity index (χ0v) is 13.7. The third-order valence-electron chi connectivity index (χ3n) is 4.99. The van der Waals surface area contributed by atoms with E-state index in [0.717, 1.165) is 32.5 Å². The van der Waals surface area contributed by atoms with Gasteiger partial charge >= 0.3 is 0 Å². The van der Waals surface area contributed by atoms with Gasteiger partial charge in [0, 0.05) is 18.6 Å². The van der Waals surface area contributed by atoms with E-state index in [9.17, 15) is 4.79 Å². The lowest BCUT2D eigenvalue weighted by atomic mass is 9.80. The van der Waals surface area contributed by atoms with Crippen molar-refractivity contribution in [1.82, 2.24) is 15.5 Å². The Bertz CT molecular complexity index is 297. The Morgan fingerprint density at radius 3 is 2.50 bits per heavy atom.